The predicted molar refractivity (Wildman–Crippen MR) is 169 cm³/mol. The van der Waals surface area contributed by atoms with Crippen LogP contribution in [0.2, 0.25) is 0 Å². The Morgan fingerprint density at radius 1 is 1.07 bits per heavy atom. The van der Waals surface area contributed by atoms with Crippen LogP contribution >= 0.6 is 11.3 Å². The molecule has 0 radical (unpaired) electrons. The highest BCUT2D eigenvalue weighted by Gasteiger charge is 2.23. The summed E-state index contributed by atoms with van der Waals surface area (Å²) in [6.07, 6.45) is 2.31. The van der Waals surface area contributed by atoms with Crippen molar-refractivity contribution in [3.05, 3.63) is 59.0 Å². The molecule has 0 atom stereocenters. The zero-order valence-corrected chi connectivity index (χ0v) is 25.7. The molecule has 1 amide bonds. The minimum absolute atomic E-state index is 0.0929. The second-order valence-corrected chi connectivity index (χ2v) is 13.2. The molecule has 2 heterocycles. The van der Waals surface area contributed by atoms with Crippen molar-refractivity contribution in [2.45, 2.75) is 52.2 Å². The number of amides is 1. The molecule has 7 nitrogen and oxygen atoms in total. The number of rotatable bonds is 11. The molecule has 218 valence electrons. The number of benzene rings is 2. The highest BCUT2D eigenvalue weighted by molar-refractivity contribution is 7.16. The number of thiophene rings is 1. The number of nitrogens with one attached hydrogen (secondary N) is 2. The summed E-state index contributed by atoms with van der Waals surface area (Å²) in [4.78, 5) is 17.3. The van der Waals surface area contributed by atoms with Crippen LogP contribution in [0.4, 0.5) is 5.69 Å². The fraction of sp³-hybridized carbons (Fsp3) is 0.455. The van der Waals surface area contributed by atoms with E-state index in [9.17, 15) is 10.1 Å². The van der Waals surface area contributed by atoms with Crippen molar-refractivity contribution in [3.8, 4) is 16.5 Å². The van der Waals surface area contributed by atoms with Crippen LogP contribution < -0.4 is 10.6 Å². The number of hydrogen-bond acceptors (Lipinski definition) is 7. The van der Waals surface area contributed by atoms with E-state index in [1.165, 1.54) is 10.8 Å². The number of anilines is 1. The molecule has 2 aromatic carbocycles. The van der Waals surface area contributed by atoms with Gasteiger partial charge >= 0.3 is 0 Å². The van der Waals surface area contributed by atoms with Crippen LogP contribution in [0, 0.1) is 11.3 Å². The highest BCUT2D eigenvalue weighted by Crippen LogP contribution is 2.32. The lowest BCUT2D eigenvalue weighted by atomic mass is 10.00. The number of ether oxygens (including phenoxy) is 2. The highest BCUT2D eigenvalue weighted by atomic mass is 32.1. The minimum atomic E-state index is -0.498. The van der Waals surface area contributed by atoms with Crippen molar-refractivity contribution in [1.29, 1.82) is 5.26 Å². The molecule has 0 spiro atoms. The molecule has 1 fully saturated rings. The molecule has 0 bridgehead atoms. The third kappa shape index (κ3) is 9.40. The summed E-state index contributed by atoms with van der Waals surface area (Å²) >= 11 is 1.56. The number of nitrogens with zero attached hydrogens (tertiary/aromatic N) is 2. The average Bonchev–Trinajstić information content (AvgIpc) is 3.39. The van der Waals surface area contributed by atoms with Gasteiger partial charge in [0.2, 0.25) is 0 Å². The molecule has 1 aromatic heterocycles. The van der Waals surface area contributed by atoms with Gasteiger partial charge in [-0.05, 0) is 93.8 Å². The van der Waals surface area contributed by atoms with Crippen LogP contribution in [-0.2, 0) is 14.3 Å². The van der Waals surface area contributed by atoms with Crippen LogP contribution in [0.5, 0.6) is 0 Å². The van der Waals surface area contributed by atoms with Gasteiger partial charge in [0.05, 0.1) is 18.8 Å². The largest absolute Gasteiger partial charge is 0.384 e. The standard InChI is InChI=1S/C33H42N4O3S/c1-32(2,3)40-17-12-33(4,5)36-31(38)27(23-34)22-29-10-11-30(41-29)26-7-6-25-21-28(9-8-24(25)20-26)35-13-14-37-15-18-39-19-16-37/h6-11,20-22,35H,12-19H2,1-5H3,(H,36,38)/b27-22+. The summed E-state index contributed by atoms with van der Waals surface area (Å²) in [5.41, 5.74) is 1.59. The monoisotopic (exact) mass is 574 g/mol. The maximum Gasteiger partial charge on any atom is 0.262 e. The lowest BCUT2D eigenvalue weighted by Crippen LogP contribution is -2.45. The lowest BCUT2D eigenvalue weighted by Gasteiger charge is -2.28. The van der Waals surface area contributed by atoms with Gasteiger partial charge in [-0.25, -0.2) is 0 Å². The van der Waals surface area contributed by atoms with Gasteiger partial charge in [-0.3, -0.25) is 9.69 Å². The Balaban J connectivity index is 1.37. The molecule has 0 saturated carbocycles. The van der Waals surface area contributed by atoms with E-state index in [0.717, 1.165) is 60.4 Å². The molecular weight excluding hydrogens is 532 g/mol. The van der Waals surface area contributed by atoms with E-state index in [4.69, 9.17) is 9.47 Å². The van der Waals surface area contributed by atoms with E-state index < -0.39 is 5.54 Å². The Morgan fingerprint density at radius 3 is 2.54 bits per heavy atom. The van der Waals surface area contributed by atoms with Crippen molar-refractivity contribution in [2.75, 3.05) is 51.3 Å². The number of hydrogen-bond donors (Lipinski definition) is 2. The normalized spacial score (nSPS) is 15.1. The van der Waals surface area contributed by atoms with Crippen LogP contribution in [0.3, 0.4) is 0 Å². The summed E-state index contributed by atoms with van der Waals surface area (Å²) in [6, 6.07) is 19.0. The molecule has 41 heavy (non-hydrogen) atoms. The van der Waals surface area contributed by atoms with Gasteiger partial charge < -0.3 is 20.1 Å². The number of carbonyl (C=O) groups is 1. The van der Waals surface area contributed by atoms with Crippen molar-refractivity contribution >= 4 is 39.8 Å². The Labute approximate surface area is 248 Å². The van der Waals surface area contributed by atoms with Gasteiger partial charge in [-0.2, -0.15) is 5.26 Å². The summed E-state index contributed by atoms with van der Waals surface area (Å²) in [7, 11) is 0. The Hall–Kier alpha value is -3.22. The van der Waals surface area contributed by atoms with Gasteiger partial charge in [-0.15, -0.1) is 11.3 Å². The van der Waals surface area contributed by atoms with E-state index in [-0.39, 0.29) is 17.1 Å². The lowest BCUT2D eigenvalue weighted by molar-refractivity contribution is -0.118. The fourth-order valence-corrected chi connectivity index (χ4v) is 5.57. The van der Waals surface area contributed by atoms with Crippen molar-refractivity contribution in [3.63, 3.8) is 0 Å². The second kappa shape index (κ2) is 13.6. The molecule has 3 aromatic rings. The topological polar surface area (TPSA) is 86.6 Å². The van der Waals surface area contributed by atoms with E-state index in [1.54, 1.807) is 17.4 Å². The van der Waals surface area contributed by atoms with Gasteiger partial charge in [0.15, 0.2) is 0 Å². The second-order valence-electron chi connectivity index (χ2n) is 12.1. The maximum absolute atomic E-state index is 12.9. The fourth-order valence-electron chi connectivity index (χ4n) is 4.62. The molecule has 0 unspecified atom stereocenters. The molecule has 1 saturated heterocycles. The zero-order valence-electron chi connectivity index (χ0n) is 24.9. The van der Waals surface area contributed by atoms with E-state index in [2.05, 4.69) is 58.0 Å². The summed E-state index contributed by atoms with van der Waals surface area (Å²) in [5.74, 6) is -0.372. The first-order chi connectivity index (χ1) is 19.5. The maximum atomic E-state index is 12.9. The number of carbonyl (C=O) groups excluding carboxylic acids is 1. The number of morpholine rings is 1. The number of nitriles is 1. The van der Waals surface area contributed by atoms with E-state index in [1.807, 2.05) is 46.8 Å². The number of fused-ring (bicyclic) bond motifs is 1. The van der Waals surface area contributed by atoms with Crippen molar-refractivity contribution in [2.24, 2.45) is 0 Å². The minimum Gasteiger partial charge on any atom is -0.384 e. The smallest absolute Gasteiger partial charge is 0.262 e. The Morgan fingerprint density at radius 2 is 1.80 bits per heavy atom. The third-order valence-electron chi connectivity index (χ3n) is 6.98. The van der Waals surface area contributed by atoms with Gasteiger partial charge in [0.1, 0.15) is 11.6 Å². The van der Waals surface area contributed by atoms with E-state index in [0.29, 0.717) is 13.0 Å². The molecule has 8 heteroatoms. The van der Waals surface area contributed by atoms with E-state index >= 15 is 0 Å². The van der Waals surface area contributed by atoms with Gasteiger partial charge in [0, 0.05) is 53.8 Å². The summed E-state index contributed by atoms with van der Waals surface area (Å²) in [6.45, 7) is 16.0. The molecule has 1 aliphatic heterocycles. The quantitative estimate of drug-likeness (QED) is 0.206. The summed E-state index contributed by atoms with van der Waals surface area (Å²) in [5, 5.41) is 18.6. The molecule has 1 aliphatic rings. The van der Waals surface area contributed by atoms with Crippen molar-refractivity contribution in [1.82, 2.24) is 10.2 Å². The Bertz CT molecular complexity index is 1410. The first-order valence-electron chi connectivity index (χ1n) is 14.3. The van der Waals surface area contributed by atoms with Gasteiger partial charge in [0.25, 0.3) is 5.91 Å². The van der Waals surface area contributed by atoms with Crippen LogP contribution in [-0.4, -0.2) is 67.9 Å². The van der Waals surface area contributed by atoms with Crippen LogP contribution in [0.25, 0.3) is 27.3 Å². The first-order valence-corrected chi connectivity index (χ1v) is 15.1. The molecule has 0 aliphatic carbocycles. The molecule has 4 rings (SSSR count). The summed E-state index contributed by atoms with van der Waals surface area (Å²) < 4.78 is 11.2. The molecule has 2 N–H and O–H groups in total. The zero-order chi connectivity index (χ0) is 29.5. The molecular formula is C33H42N4O3S. The Kier molecular flexibility index (Phi) is 10.2. The average molecular weight is 575 g/mol. The van der Waals surface area contributed by atoms with Crippen molar-refractivity contribution < 1.29 is 14.3 Å². The SMILES string of the molecule is CC(C)(CCOC(C)(C)C)NC(=O)/C(C#N)=C/c1ccc(-c2ccc3cc(NCCN4CCOCC4)ccc3c2)s1. The third-order valence-corrected chi connectivity index (χ3v) is 8.06. The van der Waals surface area contributed by atoms with Crippen LogP contribution in [0.15, 0.2) is 54.1 Å². The van der Waals surface area contributed by atoms with Crippen LogP contribution in [0.1, 0.15) is 45.9 Å². The van der Waals surface area contributed by atoms with Gasteiger partial charge in [-0.1, -0.05) is 18.2 Å². The predicted octanol–water partition coefficient (Wildman–Crippen LogP) is 6.32. The first kappa shape index (κ1) is 30.7.